The van der Waals surface area contributed by atoms with Crippen LogP contribution >= 0.6 is 0 Å². The van der Waals surface area contributed by atoms with E-state index in [1.165, 1.54) is 0 Å². The van der Waals surface area contributed by atoms with Crippen LogP contribution < -0.4 is 4.74 Å². The van der Waals surface area contributed by atoms with E-state index in [2.05, 4.69) is 0 Å². The van der Waals surface area contributed by atoms with Crippen LogP contribution in [0, 0.1) is 11.3 Å². The molecule has 0 radical (unpaired) electrons. The van der Waals surface area contributed by atoms with Gasteiger partial charge in [-0.25, -0.2) is 0 Å². The highest BCUT2D eigenvalue weighted by molar-refractivity contribution is 5.81. The summed E-state index contributed by atoms with van der Waals surface area (Å²) >= 11 is 0. The molecule has 1 aromatic carbocycles. The number of β-amino-alcohol motifs (C(OH)–C–C–N with tert-alkyl or cyclic N) is 1. The van der Waals surface area contributed by atoms with Crippen molar-refractivity contribution in [2.75, 3.05) is 13.1 Å². The summed E-state index contributed by atoms with van der Waals surface area (Å²) in [5.41, 5.74) is 0.548. The minimum Gasteiger partial charge on any atom is -0.481 e. The molecule has 5 heteroatoms. The largest absolute Gasteiger partial charge is 0.481 e. The van der Waals surface area contributed by atoms with Crippen molar-refractivity contribution in [1.29, 1.82) is 5.26 Å². The topological polar surface area (TPSA) is 73.6 Å². The Hall–Kier alpha value is -2.06. The lowest BCUT2D eigenvalue weighted by molar-refractivity contribution is -0.148. The zero-order valence-electron chi connectivity index (χ0n) is 10.0. The van der Waals surface area contributed by atoms with Gasteiger partial charge < -0.3 is 14.7 Å². The average molecular weight is 246 g/mol. The molecule has 0 bridgehead atoms. The number of rotatable bonds is 3. The molecule has 1 unspecified atom stereocenters. The maximum atomic E-state index is 11.8. The molecule has 5 nitrogen and oxygen atoms in total. The molecule has 1 saturated heterocycles. The summed E-state index contributed by atoms with van der Waals surface area (Å²) in [6.07, 6.45) is -0.999. The fourth-order valence-corrected chi connectivity index (χ4v) is 1.75. The Balaban J connectivity index is 1.92. The van der Waals surface area contributed by atoms with Gasteiger partial charge >= 0.3 is 0 Å². The molecule has 1 heterocycles. The molecule has 2 rings (SSSR count). The maximum absolute atomic E-state index is 11.8. The van der Waals surface area contributed by atoms with E-state index in [1.54, 1.807) is 36.1 Å². The van der Waals surface area contributed by atoms with Crippen LogP contribution in [0.4, 0.5) is 0 Å². The number of carbonyl (C=O) groups excluding carboxylic acids is 1. The lowest BCUT2D eigenvalue weighted by atomic mass is 10.1. The first-order chi connectivity index (χ1) is 8.60. The second-order valence-electron chi connectivity index (χ2n) is 4.29. The normalized spacial score (nSPS) is 16.6. The molecule has 0 spiro atoms. The minimum absolute atomic E-state index is 0.135. The Kier molecular flexibility index (Phi) is 3.49. The Morgan fingerprint density at radius 1 is 1.50 bits per heavy atom. The van der Waals surface area contributed by atoms with E-state index in [0.717, 1.165) is 0 Å². The third-order valence-electron chi connectivity index (χ3n) is 2.82. The zero-order chi connectivity index (χ0) is 13.1. The van der Waals surface area contributed by atoms with E-state index < -0.39 is 12.2 Å². The number of benzene rings is 1. The number of hydrogen-bond donors (Lipinski definition) is 1. The number of nitrogens with zero attached hydrogens (tertiary/aromatic N) is 2. The van der Waals surface area contributed by atoms with Crippen LogP contribution in [0.1, 0.15) is 12.5 Å². The molecule has 1 atom stereocenters. The van der Waals surface area contributed by atoms with Crippen LogP contribution in [0.25, 0.3) is 0 Å². The summed E-state index contributed by atoms with van der Waals surface area (Å²) < 4.78 is 5.49. The number of nitriles is 1. The van der Waals surface area contributed by atoms with Crippen molar-refractivity contribution in [1.82, 2.24) is 4.90 Å². The highest BCUT2D eigenvalue weighted by Crippen LogP contribution is 2.16. The highest BCUT2D eigenvalue weighted by Gasteiger charge is 2.32. The lowest BCUT2D eigenvalue weighted by Crippen LogP contribution is -2.56. The number of hydrogen-bond acceptors (Lipinski definition) is 4. The molecule has 18 heavy (non-hydrogen) atoms. The fraction of sp³-hybridized carbons (Fsp3) is 0.385. The molecular formula is C13H14N2O3. The van der Waals surface area contributed by atoms with Crippen LogP contribution in [0.15, 0.2) is 24.3 Å². The van der Waals surface area contributed by atoms with Crippen LogP contribution in [0.5, 0.6) is 5.75 Å². The van der Waals surface area contributed by atoms with E-state index >= 15 is 0 Å². The number of aliphatic hydroxyl groups excluding tert-OH is 1. The molecule has 94 valence electrons. The molecule has 0 aliphatic carbocycles. The number of carbonyl (C=O) groups is 1. The summed E-state index contributed by atoms with van der Waals surface area (Å²) in [4.78, 5) is 13.4. The van der Waals surface area contributed by atoms with Gasteiger partial charge in [0.25, 0.3) is 5.91 Å². The molecule has 1 amide bonds. The van der Waals surface area contributed by atoms with E-state index in [-0.39, 0.29) is 5.91 Å². The van der Waals surface area contributed by atoms with Gasteiger partial charge in [-0.05, 0) is 31.2 Å². The van der Waals surface area contributed by atoms with Crippen LogP contribution in [-0.2, 0) is 4.79 Å². The summed E-state index contributed by atoms with van der Waals surface area (Å²) in [7, 11) is 0. The standard InChI is InChI=1S/C13H14N2O3/c1-9(13(17)15-7-11(16)8-15)18-12-4-2-10(6-14)3-5-12/h2-5,9,11,16H,7-8H2,1H3. The van der Waals surface area contributed by atoms with Gasteiger partial charge in [-0.3, -0.25) is 4.79 Å². The Bertz CT molecular complexity index is 472. The van der Waals surface area contributed by atoms with Gasteiger partial charge in [0.2, 0.25) is 0 Å². The maximum Gasteiger partial charge on any atom is 0.263 e. The van der Waals surface area contributed by atoms with Crippen molar-refractivity contribution in [2.24, 2.45) is 0 Å². The summed E-state index contributed by atoms with van der Waals surface area (Å²) in [5.74, 6) is 0.417. The first kappa shape index (κ1) is 12.4. The van der Waals surface area contributed by atoms with Gasteiger partial charge in [0.1, 0.15) is 5.75 Å². The van der Waals surface area contributed by atoms with E-state index in [0.29, 0.717) is 24.4 Å². The highest BCUT2D eigenvalue weighted by atomic mass is 16.5. The molecule has 1 aromatic rings. The first-order valence-electron chi connectivity index (χ1n) is 5.74. The summed E-state index contributed by atoms with van der Waals surface area (Å²) in [6, 6.07) is 8.61. The van der Waals surface area contributed by atoms with Crippen molar-refractivity contribution in [3.63, 3.8) is 0 Å². The van der Waals surface area contributed by atoms with Crippen molar-refractivity contribution in [3.05, 3.63) is 29.8 Å². The lowest BCUT2D eigenvalue weighted by Gasteiger charge is -2.37. The number of likely N-dealkylation sites (tertiary alicyclic amines) is 1. The summed E-state index contributed by atoms with van der Waals surface area (Å²) in [6.45, 7) is 2.42. The third-order valence-corrected chi connectivity index (χ3v) is 2.82. The Labute approximate surface area is 105 Å². The quantitative estimate of drug-likeness (QED) is 0.844. The van der Waals surface area contributed by atoms with Gasteiger partial charge in [0, 0.05) is 13.1 Å². The molecule has 0 saturated carbocycles. The van der Waals surface area contributed by atoms with E-state index in [1.807, 2.05) is 6.07 Å². The Morgan fingerprint density at radius 3 is 2.61 bits per heavy atom. The molecule has 1 aliphatic rings. The van der Waals surface area contributed by atoms with E-state index in [9.17, 15) is 4.79 Å². The third kappa shape index (κ3) is 2.60. The van der Waals surface area contributed by atoms with E-state index in [4.69, 9.17) is 15.1 Å². The molecule has 0 aromatic heterocycles. The Morgan fingerprint density at radius 2 is 2.11 bits per heavy atom. The van der Waals surface area contributed by atoms with Crippen molar-refractivity contribution in [3.8, 4) is 11.8 Å². The van der Waals surface area contributed by atoms with Crippen molar-refractivity contribution >= 4 is 5.91 Å². The predicted molar refractivity (Wildman–Crippen MR) is 63.8 cm³/mol. The van der Waals surface area contributed by atoms with Gasteiger partial charge in [-0.2, -0.15) is 5.26 Å². The monoisotopic (exact) mass is 246 g/mol. The minimum atomic E-state index is -0.592. The average Bonchev–Trinajstić information content (AvgIpc) is 2.35. The van der Waals surface area contributed by atoms with Gasteiger partial charge in [-0.1, -0.05) is 0 Å². The fourth-order valence-electron chi connectivity index (χ4n) is 1.75. The van der Waals surface area contributed by atoms with Gasteiger partial charge in [-0.15, -0.1) is 0 Å². The van der Waals surface area contributed by atoms with Crippen molar-refractivity contribution < 1.29 is 14.6 Å². The molecule has 1 aliphatic heterocycles. The number of ether oxygens (including phenoxy) is 1. The van der Waals surface area contributed by atoms with Gasteiger partial charge in [0.15, 0.2) is 6.10 Å². The first-order valence-corrected chi connectivity index (χ1v) is 5.74. The second-order valence-corrected chi connectivity index (χ2v) is 4.29. The van der Waals surface area contributed by atoms with Crippen LogP contribution in [0.3, 0.4) is 0 Å². The van der Waals surface area contributed by atoms with Crippen LogP contribution in [0.2, 0.25) is 0 Å². The van der Waals surface area contributed by atoms with Crippen LogP contribution in [-0.4, -0.2) is 41.2 Å². The molecule has 1 fully saturated rings. The second kappa shape index (κ2) is 5.07. The molecular weight excluding hydrogens is 232 g/mol. The zero-order valence-corrected chi connectivity index (χ0v) is 10.0. The van der Waals surface area contributed by atoms with Gasteiger partial charge in [0.05, 0.1) is 17.7 Å². The number of amides is 1. The number of aliphatic hydroxyl groups is 1. The SMILES string of the molecule is CC(Oc1ccc(C#N)cc1)C(=O)N1CC(O)C1. The summed E-state index contributed by atoms with van der Waals surface area (Å²) in [5, 5.41) is 17.8. The molecule has 1 N–H and O–H groups in total. The van der Waals surface area contributed by atoms with Crippen molar-refractivity contribution in [2.45, 2.75) is 19.1 Å². The predicted octanol–water partition coefficient (Wildman–Crippen LogP) is 0.529. The smallest absolute Gasteiger partial charge is 0.263 e.